The highest BCUT2D eigenvalue weighted by atomic mass is 32.1. The molecule has 0 atom stereocenters. The molecule has 0 saturated carbocycles. The SMILES string of the molecule is CCOC(=O)Cc1[nH]c(=O)sc1CN1CCCCC1. The summed E-state index contributed by atoms with van der Waals surface area (Å²) in [6, 6.07) is 0. The lowest BCUT2D eigenvalue weighted by Crippen LogP contribution is -2.29. The number of likely N-dealkylation sites (tertiary alicyclic amines) is 1. The van der Waals surface area contributed by atoms with E-state index in [0.717, 1.165) is 30.2 Å². The lowest BCUT2D eigenvalue weighted by Gasteiger charge is -2.25. The number of hydrogen-bond acceptors (Lipinski definition) is 5. The van der Waals surface area contributed by atoms with Gasteiger partial charge in [-0.1, -0.05) is 17.8 Å². The largest absolute Gasteiger partial charge is 0.466 e. The molecule has 0 unspecified atom stereocenters. The molecule has 0 bridgehead atoms. The third-order valence-corrected chi connectivity index (χ3v) is 4.16. The molecule has 0 aliphatic carbocycles. The van der Waals surface area contributed by atoms with Gasteiger partial charge in [-0.3, -0.25) is 14.5 Å². The number of nitrogens with one attached hydrogen (secondary N) is 1. The van der Waals surface area contributed by atoms with Gasteiger partial charge in [0, 0.05) is 17.1 Å². The monoisotopic (exact) mass is 284 g/mol. The van der Waals surface area contributed by atoms with Gasteiger partial charge in [0.15, 0.2) is 0 Å². The van der Waals surface area contributed by atoms with E-state index in [9.17, 15) is 9.59 Å². The fraction of sp³-hybridized carbons (Fsp3) is 0.692. The first-order valence-electron chi connectivity index (χ1n) is 6.78. The number of aromatic nitrogens is 1. The fourth-order valence-electron chi connectivity index (χ4n) is 2.34. The minimum absolute atomic E-state index is 0.0914. The zero-order valence-corrected chi connectivity index (χ0v) is 12.1. The second kappa shape index (κ2) is 6.86. The third-order valence-electron chi connectivity index (χ3n) is 3.25. The van der Waals surface area contributed by atoms with Crippen LogP contribution in [0.2, 0.25) is 0 Å². The molecular formula is C13H20N2O3S. The van der Waals surface area contributed by atoms with Crippen molar-refractivity contribution in [1.29, 1.82) is 0 Å². The van der Waals surface area contributed by atoms with Crippen LogP contribution in [0.1, 0.15) is 36.8 Å². The summed E-state index contributed by atoms with van der Waals surface area (Å²) in [5.74, 6) is -0.281. The summed E-state index contributed by atoms with van der Waals surface area (Å²) >= 11 is 1.21. The van der Waals surface area contributed by atoms with E-state index in [0.29, 0.717) is 6.61 Å². The van der Waals surface area contributed by atoms with Gasteiger partial charge in [-0.25, -0.2) is 0 Å². The summed E-state index contributed by atoms with van der Waals surface area (Å²) in [5, 5.41) is 0. The number of rotatable bonds is 5. The highest BCUT2D eigenvalue weighted by molar-refractivity contribution is 7.09. The highest BCUT2D eigenvalue weighted by Gasteiger charge is 2.17. The molecule has 0 radical (unpaired) electrons. The Morgan fingerprint density at radius 1 is 1.37 bits per heavy atom. The predicted octanol–water partition coefficient (Wildman–Crippen LogP) is 1.53. The van der Waals surface area contributed by atoms with E-state index in [4.69, 9.17) is 4.74 Å². The van der Waals surface area contributed by atoms with Gasteiger partial charge in [-0.15, -0.1) is 0 Å². The third kappa shape index (κ3) is 4.18. The number of esters is 1. The summed E-state index contributed by atoms with van der Waals surface area (Å²) in [4.78, 5) is 29.0. The Morgan fingerprint density at radius 3 is 2.79 bits per heavy atom. The van der Waals surface area contributed by atoms with Crippen molar-refractivity contribution in [3.05, 3.63) is 20.2 Å². The lowest BCUT2D eigenvalue weighted by atomic mass is 10.1. The molecule has 1 aromatic heterocycles. The topological polar surface area (TPSA) is 62.4 Å². The van der Waals surface area contributed by atoms with Crippen LogP contribution in [0, 0.1) is 0 Å². The van der Waals surface area contributed by atoms with Crippen molar-refractivity contribution < 1.29 is 9.53 Å². The van der Waals surface area contributed by atoms with Crippen molar-refractivity contribution in [3.8, 4) is 0 Å². The molecule has 1 fully saturated rings. The summed E-state index contributed by atoms with van der Waals surface area (Å²) in [6.07, 6.45) is 3.88. The zero-order chi connectivity index (χ0) is 13.7. The second-order valence-electron chi connectivity index (χ2n) is 4.73. The van der Waals surface area contributed by atoms with Crippen molar-refractivity contribution in [3.63, 3.8) is 0 Å². The average molecular weight is 284 g/mol. The smallest absolute Gasteiger partial charge is 0.311 e. The van der Waals surface area contributed by atoms with Gasteiger partial charge in [0.2, 0.25) is 0 Å². The number of hydrogen-bond donors (Lipinski definition) is 1. The van der Waals surface area contributed by atoms with Gasteiger partial charge in [0.25, 0.3) is 0 Å². The Balaban J connectivity index is 2.02. The summed E-state index contributed by atoms with van der Waals surface area (Å²) < 4.78 is 4.93. The van der Waals surface area contributed by atoms with Crippen LogP contribution < -0.4 is 4.87 Å². The number of H-pyrrole nitrogens is 1. The number of aromatic amines is 1. The number of piperidine rings is 1. The molecule has 2 heterocycles. The van der Waals surface area contributed by atoms with E-state index in [1.165, 1.54) is 30.6 Å². The second-order valence-corrected chi connectivity index (χ2v) is 5.80. The van der Waals surface area contributed by atoms with Crippen LogP contribution >= 0.6 is 11.3 Å². The number of nitrogens with zero attached hydrogens (tertiary/aromatic N) is 1. The molecule has 0 spiro atoms. The molecule has 1 saturated heterocycles. The minimum Gasteiger partial charge on any atom is -0.466 e. The standard InChI is InChI=1S/C13H20N2O3S/c1-2-18-12(16)8-10-11(19-13(17)14-10)9-15-6-4-3-5-7-15/h2-9H2,1H3,(H,14,17). The van der Waals surface area contributed by atoms with Crippen LogP contribution in [0.15, 0.2) is 4.79 Å². The van der Waals surface area contributed by atoms with E-state index in [2.05, 4.69) is 9.88 Å². The first-order valence-corrected chi connectivity index (χ1v) is 7.59. The maximum absolute atomic E-state index is 11.5. The van der Waals surface area contributed by atoms with Crippen LogP contribution in [0.5, 0.6) is 0 Å². The lowest BCUT2D eigenvalue weighted by molar-refractivity contribution is -0.142. The molecule has 106 valence electrons. The van der Waals surface area contributed by atoms with Crippen molar-refractivity contribution in [2.75, 3.05) is 19.7 Å². The Hall–Kier alpha value is -1.14. The molecule has 19 heavy (non-hydrogen) atoms. The van der Waals surface area contributed by atoms with Gasteiger partial charge < -0.3 is 9.72 Å². The van der Waals surface area contributed by atoms with E-state index in [-0.39, 0.29) is 17.3 Å². The minimum atomic E-state index is -0.281. The Morgan fingerprint density at radius 2 is 2.11 bits per heavy atom. The highest BCUT2D eigenvalue weighted by Crippen LogP contribution is 2.17. The van der Waals surface area contributed by atoms with Gasteiger partial charge in [-0.05, 0) is 32.9 Å². The van der Waals surface area contributed by atoms with Gasteiger partial charge in [0.05, 0.1) is 13.0 Å². The summed E-state index contributed by atoms with van der Waals surface area (Å²) in [7, 11) is 0. The van der Waals surface area contributed by atoms with Gasteiger partial charge >= 0.3 is 10.8 Å². The molecule has 1 aromatic rings. The predicted molar refractivity (Wildman–Crippen MR) is 74.4 cm³/mol. The normalized spacial score (nSPS) is 16.5. The summed E-state index contributed by atoms with van der Waals surface area (Å²) in [5.41, 5.74) is 0.721. The van der Waals surface area contributed by atoms with E-state index in [1.54, 1.807) is 6.92 Å². The molecule has 1 aliphatic heterocycles. The van der Waals surface area contributed by atoms with Crippen LogP contribution in [0.25, 0.3) is 0 Å². The van der Waals surface area contributed by atoms with Crippen molar-refractivity contribution in [2.45, 2.75) is 39.2 Å². The maximum Gasteiger partial charge on any atom is 0.311 e. The Labute approximate surface area is 116 Å². The first kappa shape index (κ1) is 14.3. The molecule has 1 aliphatic rings. The number of ether oxygens (including phenoxy) is 1. The molecule has 6 heteroatoms. The molecule has 0 amide bonds. The quantitative estimate of drug-likeness (QED) is 0.833. The molecule has 1 N–H and O–H groups in total. The number of carbonyl (C=O) groups excluding carboxylic acids is 1. The first-order chi connectivity index (χ1) is 9.19. The van der Waals surface area contributed by atoms with Gasteiger partial charge in [0.1, 0.15) is 0 Å². The number of thiazole rings is 1. The zero-order valence-electron chi connectivity index (χ0n) is 11.2. The number of carbonyl (C=O) groups is 1. The average Bonchev–Trinajstić information content (AvgIpc) is 2.71. The maximum atomic E-state index is 11.5. The van der Waals surface area contributed by atoms with Crippen LogP contribution in [-0.2, 0) is 22.5 Å². The molecule has 0 aromatic carbocycles. The van der Waals surface area contributed by atoms with Crippen molar-refractivity contribution in [2.24, 2.45) is 0 Å². The van der Waals surface area contributed by atoms with E-state index in [1.807, 2.05) is 0 Å². The summed E-state index contributed by atoms with van der Waals surface area (Å²) in [6.45, 7) is 5.06. The van der Waals surface area contributed by atoms with Crippen LogP contribution in [-0.4, -0.2) is 35.5 Å². The van der Waals surface area contributed by atoms with E-state index < -0.39 is 0 Å². The van der Waals surface area contributed by atoms with Crippen molar-refractivity contribution in [1.82, 2.24) is 9.88 Å². The molecule has 5 nitrogen and oxygen atoms in total. The molecule has 2 rings (SSSR count). The molecular weight excluding hydrogens is 264 g/mol. The van der Waals surface area contributed by atoms with Gasteiger partial charge in [-0.2, -0.15) is 0 Å². The fourth-order valence-corrected chi connectivity index (χ4v) is 3.23. The Bertz CT molecular complexity index is 474. The van der Waals surface area contributed by atoms with Crippen molar-refractivity contribution >= 4 is 17.3 Å². The Kier molecular flexibility index (Phi) is 5.15. The van der Waals surface area contributed by atoms with Crippen LogP contribution in [0.3, 0.4) is 0 Å². The van der Waals surface area contributed by atoms with Crippen LogP contribution in [0.4, 0.5) is 0 Å². The van der Waals surface area contributed by atoms with E-state index >= 15 is 0 Å².